The zero-order valence-corrected chi connectivity index (χ0v) is 8.94. The van der Waals surface area contributed by atoms with Crippen molar-refractivity contribution in [3.05, 3.63) is 0 Å². The molecule has 1 rings (SSSR count). The molecule has 74 valence electrons. The lowest BCUT2D eigenvalue weighted by Crippen LogP contribution is -2.11. The summed E-state index contributed by atoms with van der Waals surface area (Å²) in [5.41, 5.74) is 0. The fraction of sp³-hybridized carbons (Fsp3) is 1.00. The molecule has 0 unspecified atom stereocenters. The summed E-state index contributed by atoms with van der Waals surface area (Å²) in [6.07, 6.45) is 8.34. The molecular weight excluding hydrogens is 148 g/mol. The fourth-order valence-corrected chi connectivity index (χ4v) is 1.59. The fourth-order valence-electron chi connectivity index (χ4n) is 1.59. The van der Waals surface area contributed by atoms with Crippen molar-refractivity contribution in [2.75, 3.05) is 13.7 Å². The van der Waals surface area contributed by atoms with Crippen molar-refractivity contribution < 1.29 is 4.74 Å². The van der Waals surface area contributed by atoms with E-state index in [0.29, 0.717) is 0 Å². The quantitative estimate of drug-likeness (QED) is 0.618. The van der Waals surface area contributed by atoms with Crippen LogP contribution in [0.1, 0.15) is 52.4 Å². The summed E-state index contributed by atoms with van der Waals surface area (Å²) < 4.78 is 5.08. The normalized spacial score (nSPS) is 18.2. The molecule has 0 aliphatic heterocycles. The lowest BCUT2D eigenvalue weighted by molar-refractivity contribution is 0.131. The van der Waals surface area contributed by atoms with Gasteiger partial charge in [0.05, 0.1) is 0 Å². The Morgan fingerprint density at radius 3 is 2.00 bits per heavy atom. The van der Waals surface area contributed by atoms with E-state index in [0.717, 1.165) is 12.5 Å². The number of hydrogen-bond donors (Lipinski definition) is 0. The highest BCUT2D eigenvalue weighted by Gasteiger charge is 2.11. The highest BCUT2D eigenvalue weighted by molar-refractivity contribution is 4.64. The maximum Gasteiger partial charge on any atom is 0.0490 e. The standard InChI is InChI=1S/C8H16O.C3H8/c1-9-7-8-5-3-2-4-6-8;1-3-2/h8H,2-7H2,1H3;3H2,1-2H3. The molecule has 1 aliphatic carbocycles. The minimum Gasteiger partial charge on any atom is -0.384 e. The smallest absolute Gasteiger partial charge is 0.0490 e. The van der Waals surface area contributed by atoms with Crippen LogP contribution in [0.4, 0.5) is 0 Å². The summed E-state index contributed by atoms with van der Waals surface area (Å²) in [5.74, 6) is 0.878. The minimum absolute atomic E-state index is 0.878. The van der Waals surface area contributed by atoms with Crippen LogP contribution in [0.3, 0.4) is 0 Å². The molecule has 0 aromatic heterocycles. The van der Waals surface area contributed by atoms with E-state index in [4.69, 9.17) is 4.74 Å². The predicted octanol–water partition coefficient (Wildman–Crippen LogP) is 3.63. The summed E-state index contributed by atoms with van der Waals surface area (Å²) in [6, 6.07) is 0. The van der Waals surface area contributed by atoms with Gasteiger partial charge in [-0.1, -0.05) is 39.5 Å². The first-order valence-corrected chi connectivity index (χ1v) is 5.34. The Morgan fingerprint density at radius 2 is 1.58 bits per heavy atom. The van der Waals surface area contributed by atoms with E-state index in [-0.39, 0.29) is 0 Å². The predicted molar refractivity (Wildman–Crippen MR) is 54.4 cm³/mol. The van der Waals surface area contributed by atoms with Crippen LogP contribution in [0.25, 0.3) is 0 Å². The van der Waals surface area contributed by atoms with Crippen LogP contribution in [0.2, 0.25) is 0 Å². The number of methoxy groups -OCH3 is 1. The van der Waals surface area contributed by atoms with Crippen molar-refractivity contribution in [1.29, 1.82) is 0 Å². The summed E-state index contributed by atoms with van der Waals surface area (Å²) in [4.78, 5) is 0. The monoisotopic (exact) mass is 172 g/mol. The molecule has 0 radical (unpaired) electrons. The molecule has 0 bridgehead atoms. The van der Waals surface area contributed by atoms with Crippen molar-refractivity contribution in [2.45, 2.75) is 52.4 Å². The van der Waals surface area contributed by atoms with Crippen LogP contribution in [0, 0.1) is 5.92 Å². The van der Waals surface area contributed by atoms with Gasteiger partial charge in [0.15, 0.2) is 0 Å². The second-order valence-corrected chi connectivity index (χ2v) is 3.67. The van der Waals surface area contributed by atoms with Gasteiger partial charge in [0.25, 0.3) is 0 Å². The van der Waals surface area contributed by atoms with Gasteiger partial charge in [-0.15, -0.1) is 0 Å². The first-order valence-electron chi connectivity index (χ1n) is 5.34. The van der Waals surface area contributed by atoms with E-state index in [1.807, 2.05) is 0 Å². The average Bonchev–Trinajstić information content (AvgIpc) is 2.08. The molecule has 0 aromatic rings. The maximum atomic E-state index is 5.08. The minimum atomic E-state index is 0.878. The molecule has 1 heteroatoms. The van der Waals surface area contributed by atoms with Gasteiger partial charge in [0.1, 0.15) is 0 Å². The van der Waals surface area contributed by atoms with Crippen molar-refractivity contribution >= 4 is 0 Å². The van der Waals surface area contributed by atoms with E-state index >= 15 is 0 Å². The molecule has 0 heterocycles. The largest absolute Gasteiger partial charge is 0.384 e. The van der Waals surface area contributed by atoms with Gasteiger partial charge in [0.2, 0.25) is 0 Å². The number of rotatable bonds is 2. The Bertz CT molecular complexity index is 72.3. The highest BCUT2D eigenvalue weighted by Crippen LogP contribution is 2.23. The van der Waals surface area contributed by atoms with E-state index in [2.05, 4.69) is 13.8 Å². The van der Waals surface area contributed by atoms with Gasteiger partial charge >= 0.3 is 0 Å². The average molecular weight is 172 g/mol. The molecular formula is C11H24O. The van der Waals surface area contributed by atoms with E-state index in [9.17, 15) is 0 Å². The van der Waals surface area contributed by atoms with Gasteiger partial charge in [-0.2, -0.15) is 0 Å². The van der Waals surface area contributed by atoms with E-state index < -0.39 is 0 Å². The van der Waals surface area contributed by atoms with Gasteiger partial charge in [0, 0.05) is 13.7 Å². The third kappa shape index (κ3) is 6.66. The Balaban J connectivity index is 0.000000354. The summed E-state index contributed by atoms with van der Waals surface area (Å²) in [6.45, 7) is 5.24. The lowest BCUT2D eigenvalue weighted by Gasteiger charge is -2.19. The molecule has 0 saturated heterocycles. The van der Waals surface area contributed by atoms with Gasteiger partial charge in [-0.25, -0.2) is 0 Å². The second kappa shape index (κ2) is 9.05. The Kier molecular flexibility index (Phi) is 9.02. The third-order valence-electron chi connectivity index (χ3n) is 2.13. The van der Waals surface area contributed by atoms with E-state index in [1.54, 1.807) is 7.11 Å². The van der Waals surface area contributed by atoms with Crippen LogP contribution >= 0.6 is 0 Å². The number of hydrogen-bond acceptors (Lipinski definition) is 1. The zero-order chi connectivity index (χ0) is 9.23. The van der Waals surface area contributed by atoms with E-state index in [1.165, 1.54) is 38.5 Å². The van der Waals surface area contributed by atoms with Gasteiger partial charge in [-0.05, 0) is 18.8 Å². The Hall–Kier alpha value is -0.0400. The Labute approximate surface area is 77.5 Å². The molecule has 0 N–H and O–H groups in total. The first-order chi connectivity index (χ1) is 5.85. The second-order valence-electron chi connectivity index (χ2n) is 3.67. The summed E-state index contributed by atoms with van der Waals surface area (Å²) in [5, 5.41) is 0. The maximum absolute atomic E-state index is 5.08. The van der Waals surface area contributed by atoms with Gasteiger partial charge < -0.3 is 4.74 Å². The topological polar surface area (TPSA) is 9.23 Å². The molecule has 12 heavy (non-hydrogen) atoms. The molecule has 1 fully saturated rings. The molecule has 0 atom stereocenters. The molecule has 1 nitrogen and oxygen atoms in total. The lowest BCUT2D eigenvalue weighted by atomic mass is 9.90. The van der Waals surface area contributed by atoms with Crippen LogP contribution in [0.15, 0.2) is 0 Å². The highest BCUT2D eigenvalue weighted by atomic mass is 16.5. The third-order valence-corrected chi connectivity index (χ3v) is 2.13. The summed E-state index contributed by atoms with van der Waals surface area (Å²) >= 11 is 0. The molecule has 0 aromatic carbocycles. The molecule has 1 saturated carbocycles. The molecule has 0 spiro atoms. The Morgan fingerprint density at radius 1 is 1.08 bits per heavy atom. The van der Waals surface area contributed by atoms with Crippen molar-refractivity contribution in [3.63, 3.8) is 0 Å². The zero-order valence-electron chi connectivity index (χ0n) is 8.94. The molecule has 0 amide bonds. The SMILES string of the molecule is CCC.COCC1CCCCC1. The van der Waals surface area contributed by atoms with Crippen LogP contribution in [-0.4, -0.2) is 13.7 Å². The first kappa shape index (κ1) is 12.0. The van der Waals surface area contributed by atoms with Gasteiger partial charge in [-0.3, -0.25) is 0 Å². The summed E-state index contributed by atoms with van der Waals surface area (Å²) in [7, 11) is 1.80. The number of ether oxygens (including phenoxy) is 1. The van der Waals surface area contributed by atoms with Crippen LogP contribution in [0.5, 0.6) is 0 Å². The van der Waals surface area contributed by atoms with Crippen molar-refractivity contribution in [3.8, 4) is 0 Å². The van der Waals surface area contributed by atoms with Crippen molar-refractivity contribution in [2.24, 2.45) is 5.92 Å². The van der Waals surface area contributed by atoms with Crippen LogP contribution < -0.4 is 0 Å². The van der Waals surface area contributed by atoms with Crippen LogP contribution in [-0.2, 0) is 4.74 Å². The molecule has 1 aliphatic rings. The van der Waals surface area contributed by atoms with Crippen molar-refractivity contribution in [1.82, 2.24) is 0 Å².